The van der Waals surface area contributed by atoms with Gasteiger partial charge in [0.05, 0.1) is 0 Å². The fourth-order valence-electron chi connectivity index (χ4n) is 0.654. The number of hydrogen-bond acceptors (Lipinski definition) is 0. The minimum Gasteiger partial charge on any atom is -0.0990 e. The summed E-state index contributed by atoms with van der Waals surface area (Å²) in [6.45, 7) is 11.4. The lowest BCUT2D eigenvalue weighted by molar-refractivity contribution is 1.40. The minimum atomic E-state index is 1.14. The summed E-state index contributed by atoms with van der Waals surface area (Å²) < 4.78 is 0. The fourth-order valence-corrected chi connectivity index (χ4v) is 0.654. The van der Waals surface area contributed by atoms with Gasteiger partial charge in [0.1, 0.15) is 0 Å². The van der Waals surface area contributed by atoms with E-state index in [2.05, 4.69) is 26.2 Å². The lowest BCUT2D eigenvalue weighted by atomic mass is 10.1. The van der Waals surface area contributed by atoms with Crippen LogP contribution in [0.1, 0.15) is 13.8 Å². The average molecular weight is 134 g/mol. The average Bonchev–Trinajstić information content (AvgIpc) is 1.99. The van der Waals surface area contributed by atoms with Crippen LogP contribution in [0.15, 0.2) is 48.6 Å². The Morgan fingerprint density at radius 3 is 2.20 bits per heavy atom. The molecule has 54 valence electrons. The van der Waals surface area contributed by atoms with Gasteiger partial charge < -0.3 is 0 Å². The molecule has 0 spiro atoms. The van der Waals surface area contributed by atoms with E-state index in [0.29, 0.717) is 0 Å². The van der Waals surface area contributed by atoms with Crippen LogP contribution in [0.3, 0.4) is 0 Å². The summed E-state index contributed by atoms with van der Waals surface area (Å²) >= 11 is 0. The summed E-state index contributed by atoms with van der Waals surface area (Å²) in [7, 11) is 0. The van der Waals surface area contributed by atoms with Gasteiger partial charge >= 0.3 is 0 Å². The highest BCUT2D eigenvalue weighted by Crippen LogP contribution is 2.09. The molecule has 0 saturated carbocycles. The van der Waals surface area contributed by atoms with E-state index < -0.39 is 0 Å². The van der Waals surface area contributed by atoms with Crippen LogP contribution >= 0.6 is 0 Å². The minimum absolute atomic E-state index is 1.14. The maximum atomic E-state index is 3.69. The molecule has 0 aliphatic rings. The second-order valence-corrected chi connectivity index (χ2v) is 2.03. The molecule has 0 heterocycles. The van der Waals surface area contributed by atoms with Crippen molar-refractivity contribution in [2.24, 2.45) is 0 Å². The molecule has 0 bridgehead atoms. The first-order chi connectivity index (χ1) is 4.76. The van der Waals surface area contributed by atoms with Crippen molar-refractivity contribution >= 4 is 0 Å². The summed E-state index contributed by atoms with van der Waals surface area (Å²) in [5, 5.41) is 0. The standard InChI is InChI=1S/C10H14/c1-5-8-10(7-3)9(4)6-2/h5-8H,1,3H2,2,4H3/b9-6-,10-8-. The van der Waals surface area contributed by atoms with Gasteiger partial charge in [0.2, 0.25) is 0 Å². The first kappa shape index (κ1) is 8.96. The SMILES string of the molecule is C=C/C=C(C=C)\C(C)=C/C. The predicted molar refractivity (Wildman–Crippen MR) is 47.9 cm³/mol. The Morgan fingerprint density at radius 1 is 1.30 bits per heavy atom. The van der Waals surface area contributed by atoms with Crippen molar-refractivity contribution in [2.45, 2.75) is 13.8 Å². The lowest BCUT2D eigenvalue weighted by Gasteiger charge is -1.97. The van der Waals surface area contributed by atoms with Crippen molar-refractivity contribution in [3.05, 3.63) is 48.6 Å². The molecule has 0 aromatic heterocycles. The predicted octanol–water partition coefficient (Wildman–Crippen LogP) is 3.25. The molecule has 0 saturated heterocycles. The molecule has 0 aliphatic carbocycles. The molecule has 0 rings (SSSR count). The van der Waals surface area contributed by atoms with E-state index in [-0.39, 0.29) is 0 Å². The van der Waals surface area contributed by atoms with E-state index in [4.69, 9.17) is 0 Å². The van der Waals surface area contributed by atoms with Crippen LogP contribution in [0.25, 0.3) is 0 Å². The van der Waals surface area contributed by atoms with Gasteiger partial charge in [-0.15, -0.1) is 0 Å². The molecule has 0 radical (unpaired) electrons. The van der Waals surface area contributed by atoms with Crippen molar-refractivity contribution < 1.29 is 0 Å². The van der Waals surface area contributed by atoms with Gasteiger partial charge in [0.25, 0.3) is 0 Å². The lowest BCUT2D eigenvalue weighted by Crippen LogP contribution is -1.77. The molecule has 0 fully saturated rings. The Morgan fingerprint density at radius 2 is 1.90 bits per heavy atom. The number of hydrogen-bond donors (Lipinski definition) is 0. The molecule has 10 heavy (non-hydrogen) atoms. The normalized spacial score (nSPS) is 13.0. The Kier molecular flexibility index (Phi) is 4.30. The third kappa shape index (κ3) is 2.49. The Balaban J connectivity index is 4.51. The smallest absolute Gasteiger partial charge is 0.0237 e. The van der Waals surface area contributed by atoms with E-state index in [1.54, 1.807) is 6.08 Å². The van der Waals surface area contributed by atoms with E-state index in [1.807, 2.05) is 19.1 Å². The monoisotopic (exact) mass is 134 g/mol. The van der Waals surface area contributed by atoms with Crippen molar-refractivity contribution in [1.82, 2.24) is 0 Å². The second-order valence-electron chi connectivity index (χ2n) is 2.03. The van der Waals surface area contributed by atoms with Crippen LogP contribution in [-0.2, 0) is 0 Å². The van der Waals surface area contributed by atoms with Gasteiger partial charge in [-0.2, -0.15) is 0 Å². The van der Waals surface area contributed by atoms with Crippen molar-refractivity contribution in [3.63, 3.8) is 0 Å². The fraction of sp³-hybridized carbons (Fsp3) is 0.200. The largest absolute Gasteiger partial charge is 0.0990 e. The maximum Gasteiger partial charge on any atom is -0.0237 e. The van der Waals surface area contributed by atoms with Gasteiger partial charge in [-0.3, -0.25) is 0 Å². The Bertz CT molecular complexity index is 180. The quantitative estimate of drug-likeness (QED) is 0.520. The van der Waals surface area contributed by atoms with Crippen LogP contribution in [0.5, 0.6) is 0 Å². The molecule has 0 N–H and O–H groups in total. The summed E-state index contributed by atoms with van der Waals surface area (Å²) in [4.78, 5) is 0. The summed E-state index contributed by atoms with van der Waals surface area (Å²) in [6.07, 6.45) is 7.60. The molecular formula is C10H14. The van der Waals surface area contributed by atoms with Crippen LogP contribution < -0.4 is 0 Å². The van der Waals surface area contributed by atoms with E-state index >= 15 is 0 Å². The van der Waals surface area contributed by atoms with Gasteiger partial charge in [-0.25, -0.2) is 0 Å². The van der Waals surface area contributed by atoms with Crippen LogP contribution in [0.4, 0.5) is 0 Å². The Labute approximate surface area is 63.3 Å². The highest BCUT2D eigenvalue weighted by Gasteiger charge is 1.89. The van der Waals surface area contributed by atoms with Crippen LogP contribution in [-0.4, -0.2) is 0 Å². The van der Waals surface area contributed by atoms with Gasteiger partial charge in [-0.1, -0.05) is 37.5 Å². The molecule has 0 nitrogen and oxygen atoms in total. The van der Waals surface area contributed by atoms with Crippen molar-refractivity contribution in [1.29, 1.82) is 0 Å². The second kappa shape index (κ2) is 4.80. The zero-order chi connectivity index (χ0) is 7.98. The summed E-state index contributed by atoms with van der Waals surface area (Å²) in [6, 6.07) is 0. The third-order valence-electron chi connectivity index (χ3n) is 1.41. The number of rotatable bonds is 3. The highest BCUT2D eigenvalue weighted by molar-refractivity contribution is 5.38. The first-order valence-corrected chi connectivity index (χ1v) is 3.34. The maximum absolute atomic E-state index is 3.69. The van der Waals surface area contributed by atoms with Crippen LogP contribution in [0.2, 0.25) is 0 Å². The molecular weight excluding hydrogens is 120 g/mol. The van der Waals surface area contributed by atoms with Crippen LogP contribution in [0, 0.1) is 0 Å². The molecule has 0 atom stereocenters. The molecule has 0 amide bonds. The molecule has 0 unspecified atom stereocenters. The Hall–Kier alpha value is -1.04. The van der Waals surface area contributed by atoms with E-state index in [1.165, 1.54) is 5.57 Å². The topological polar surface area (TPSA) is 0 Å². The molecule has 0 aromatic carbocycles. The van der Waals surface area contributed by atoms with Gasteiger partial charge in [-0.05, 0) is 25.0 Å². The van der Waals surface area contributed by atoms with E-state index in [0.717, 1.165) is 5.57 Å². The van der Waals surface area contributed by atoms with Crippen molar-refractivity contribution in [2.75, 3.05) is 0 Å². The molecule has 0 heteroatoms. The first-order valence-electron chi connectivity index (χ1n) is 3.34. The van der Waals surface area contributed by atoms with E-state index in [9.17, 15) is 0 Å². The molecule has 0 aliphatic heterocycles. The van der Waals surface area contributed by atoms with Gasteiger partial charge in [0.15, 0.2) is 0 Å². The number of allylic oxidation sites excluding steroid dienone is 6. The zero-order valence-corrected chi connectivity index (χ0v) is 6.72. The molecule has 0 aromatic rings. The zero-order valence-electron chi connectivity index (χ0n) is 6.72. The highest BCUT2D eigenvalue weighted by atomic mass is 13.9. The van der Waals surface area contributed by atoms with Gasteiger partial charge in [0, 0.05) is 0 Å². The van der Waals surface area contributed by atoms with Crippen molar-refractivity contribution in [3.8, 4) is 0 Å². The summed E-state index contributed by atoms with van der Waals surface area (Å²) in [5.74, 6) is 0. The summed E-state index contributed by atoms with van der Waals surface area (Å²) in [5.41, 5.74) is 2.37. The third-order valence-corrected chi connectivity index (χ3v) is 1.41.